The first kappa shape index (κ1) is 21.8. The summed E-state index contributed by atoms with van der Waals surface area (Å²) in [5.41, 5.74) is 2.20. The molecule has 7 nitrogen and oxygen atoms in total. The van der Waals surface area contributed by atoms with Crippen LogP contribution in [0.1, 0.15) is 48.7 Å². The van der Waals surface area contributed by atoms with E-state index in [0.29, 0.717) is 40.0 Å². The van der Waals surface area contributed by atoms with Gasteiger partial charge in [-0.15, -0.1) is 0 Å². The number of aromatic nitrogens is 3. The summed E-state index contributed by atoms with van der Waals surface area (Å²) in [5, 5.41) is 3.41. The van der Waals surface area contributed by atoms with Gasteiger partial charge in [-0.3, -0.25) is 19.4 Å². The van der Waals surface area contributed by atoms with Gasteiger partial charge in [-0.05, 0) is 43.9 Å². The summed E-state index contributed by atoms with van der Waals surface area (Å²) in [6, 6.07) is 4.99. The van der Waals surface area contributed by atoms with Crippen LogP contribution in [-0.2, 0) is 11.3 Å². The topological polar surface area (TPSA) is 94.0 Å². The maximum Gasteiger partial charge on any atom is 0.259 e. The van der Waals surface area contributed by atoms with Gasteiger partial charge in [-0.2, -0.15) is 0 Å². The van der Waals surface area contributed by atoms with E-state index in [2.05, 4.69) is 15.3 Å². The number of nitrogens with one attached hydrogen (secondary N) is 1. The standard InChI is InChI=1S/C24H25FN4O3/c1-3-4-21(30)19-9-14(2)18(13-26-19)17-10-16-12-27-22(28-23(31)15-5-6-15)11-20(16)29(8-7-25)24(17)32/h9-13,15H,3-8H2,1-2H3,(H,27,28,31). The van der Waals surface area contributed by atoms with Crippen LogP contribution in [0.2, 0.25) is 0 Å². The van der Waals surface area contributed by atoms with Gasteiger partial charge in [-0.1, -0.05) is 6.92 Å². The second-order valence-corrected chi connectivity index (χ2v) is 8.15. The fourth-order valence-corrected chi connectivity index (χ4v) is 3.76. The van der Waals surface area contributed by atoms with Crippen molar-refractivity contribution in [2.24, 2.45) is 5.92 Å². The first-order chi connectivity index (χ1) is 15.4. The first-order valence-electron chi connectivity index (χ1n) is 10.8. The zero-order chi connectivity index (χ0) is 22.8. The van der Waals surface area contributed by atoms with Crippen molar-refractivity contribution in [1.82, 2.24) is 14.5 Å². The highest BCUT2D eigenvalue weighted by Gasteiger charge is 2.29. The lowest BCUT2D eigenvalue weighted by atomic mass is 10.0. The molecule has 4 rings (SSSR count). The van der Waals surface area contributed by atoms with Gasteiger partial charge >= 0.3 is 0 Å². The van der Waals surface area contributed by atoms with Crippen molar-refractivity contribution < 1.29 is 14.0 Å². The third kappa shape index (κ3) is 4.30. The summed E-state index contributed by atoms with van der Waals surface area (Å²) in [4.78, 5) is 46.1. The number of hydrogen-bond acceptors (Lipinski definition) is 5. The fraction of sp³-hybridized carbons (Fsp3) is 0.375. The molecule has 1 saturated carbocycles. The predicted molar refractivity (Wildman–Crippen MR) is 121 cm³/mol. The molecule has 1 fully saturated rings. The molecule has 0 radical (unpaired) electrons. The Balaban J connectivity index is 1.79. The highest BCUT2D eigenvalue weighted by molar-refractivity contribution is 5.96. The Kier molecular flexibility index (Phi) is 6.12. The fourth-order valence-electron chi connectivity index (χ4n) is 3.76. The van der Waals surface area contributed by atoms with Gasteiger partial charge in [0, 0.05) is 47.3 Å². The number of rotatable bonds is 8. The van der Waals surface area contributed by atoms with Crippen molar-refractivity contribution >= 4 is 28.4 Å². The quantitative estimate of drug-likeness (QED) is 0.537. The van der Waals surface area contributed by atoms with E-state index in [0.717, 1.165) is 24.8 Å². The minimum Gasteiger partial charge on any atom is -0.310 e. The number of fused-ring (bicyclic) bond motifs is 1. The van der Waals surface area contributed by atoms with E-state index in [1.165, 1.54) is 10.8 Å². The number of hydrogen-bond donors (Lipinski definition) is 1. The van der Waals surface area contributed by atoms with Crippen molar-refractivity contribution in [2.75, 3.05) is 12.0 Å². The molecule has 1 amide bonds. The molecule has 3 aromatic heterocycles. The molecule has 1 aliphatic carbocycles. The number of anilines is 1. The lowest BCUT2D eigenvalue weighted by Gasteiger charge is -2.14. The van der Waals surface area contributed by atoms with Crippen LogP contribution in [-0.4, -0.2) is 32.9 Å². The van der Waals surface area contributed by atoms with Crippen LogP contribution in [0.4, 0.5) is 10.2 Å². The van der Waals surface area contributed by atoms with E-state index in [9.17, 15) is 18.8 Å². The van der Waals surface area contributed by atoms with Gasteiger partial charge in [0.25, 0.3) is 5.56 Å². The number of carbonyl (C=O) groups is 2. The molecule has 0 spiro atoms. The van der Waals surface area contributed by atoms with E-state index < -0.39 is 6.67 Å². The summed E-state index contributed by atoms with van der Waals surface area (Å²) < 4.78 is 14.7. The largest absolute Gasteiger partial charge is 0.310 e. The number of Topliss-reactive ketones (excluding diaryl/α,β-unsaturated/α-hetero) is 1. The van der Waals surface area contributed by atoms with E-state index in [1.807, 2.05) is 13.8 Å². The number of pyridine rings is 3. The van der Waals surface area contributed by atoms with Crippen LogP contribution >= 0.6 is 0 Å². The Morgan fingerprint density at radius 1 is 1.16 bits per heavy atom. The van der Waals surface area contributed by atoms with Gasteiger partial charge < -0.3 is 9.88 Å². The average molecular weight is 436 g/mol. The smallest absolute Gasteiger partial charge is 0.259 e. The molecule has 0 bridgehead atoms. The van der Waals surface area contributed by atoms with Crippen LogP contribution in [0, 0.1) is 12.8 Å². The molecule has 0 aliphatic heterocycles. The highest BCUT2D eigenvalue weighted by Crippen LogP contribution is 2.30. The normalized spacial score (nSPS) is 13.3. The van der Waals surface area contributed by atoms with Crippen molar-refractivity contribution in [2.45, 2.75) is 46.1 Å². The molecule has 1 aliphatic rings. The Bertz CT molecular complexity index is 1260. The number of amides is 1. The molecule has 0 saturated heterocycles. The molecular weight excluding hydrogens is 411 g/mol. The van der Waals surface area contributed by atoms with E-state index >= 15 is 0 Å². The summed E-state index contributed by atoms with van der Waals surface area (Å²) in [5.74, 6) is 0.226. The number of aryl methyl sites for hydroxylation is 2. The van der Waals surface area contributed by atoms with E-state index in [-0.39, 0.29) is 29.7 Å². The molecule has 0 atom stereocenters. The van der Waals surface area contributed by atoms with Gasteiger partial charge in [0.2, 0.25) is 5.91 Å². The minimum atomic E-state index is -0.716. The van der Waals surface area contributed by atoms with Crippen LogP contribution < -0.4 is 10.9 Å². The summed E-state index contributed by atoms with van der Waals surface area (Å²) >= 11 is 0. The zero-order valence-corrected chi connectivity index (χ0v) is 18.2. The van der Waals surface area contributed by atoms with Gasteiger partial charge in [0.05, 0.1) is 12.1 Å². The Labute approximate surface area is 184 Å². The molecule has 166 valence electrons. The number of carbonyl (C=O) groups excluding carboxylic acids is 2. The maximum atomic E-state index is 13.3. The third-order valence-electron chi connectivity index (χ3n) is 5.65. The van der Waals surface area contributed by atoms with Crippen LogP contribution in [0.5, 0.6) is 0 Å². The Morgan fingerprint density at radius 2 is 1.94 bits per heavy atom. The van der Waals surface area contributed by atoms with Crippen LogP contribution in [0.25, 0.3) is 22.0 Å². The Hall–Kier alpha value is -3.42. The zero-order valence-electron chi connectivity index (χ0n) is 18.2. The second-order valence-electron chi connectivity index (χ2n) is 8.15. The molecule has 0 unspecified atom stereocenters. The average Bonchev–Trinajstić information content (AvgIpc) is 3.62. The molecule has 3 aromatic rings. The van der Waals surface area contributed by atoms with Crippen LogP contribution in [0.3, 0.4) is 0 Å². The van der Waals surface area contributed by atoms with Crippen molar-refractivity contribution in [1.29, 1.82) is 0 Å². The number of ketones is 1. The monoisotopic (exact) mass is 436 g/mol. The molecule has 1 N–H and O–H groups in total. The third-order valence-corrected chi connectivity index (χ3v) is 5.65. The number of halogens is 1. The summed E-state index contributed by atoms with van der Waals surface area (Å²) in [7, 11) is 0. The second kappa shape index (κ2) is 8.98. The molecule has 8 heteroatoms. The molecule has 32 heavy (non-hydrogen) atoms. The number of alkyl halides is 1. The van der Waals surface area contributed by atoms with Crippen molar-refractivity contribution in [3.05, 3.63) is 52.2 Å². The predicted octanol–water partition coefficient (Wildman–Crippen LogP) is 4.07. The maximum absolute atomic E-state index is 13.3. The SMILES string of the molecule is CCCC(=O)c1cc(C)c(-c2cc3cnc(NC(=O)C4CC4)cc3n(CCF)c2=O)cn1. The van der Waals surface area contributed by atoms with E-state index in [4.69, 9.17) is 0 Å². The van der Waals surface area contributed by atoms with E-state index in [1.54, 1.807) is 24.4 Å². The van der Waals surface area contributed by atoms with Crippen molar-refractivity contribution in [3.8, 4) is 11.1 Å². The first-order valence-corrected chi connectivity index (χ1v) is 10.8. The lowest BCUT2D eigenvalue weighted by molar-refractivity contribution is -0.117. The Morgan fingerprint density at radius 3 is 2.59 bits per heavy atom. The van der Waals surface area contributed by atoms with Gasteiger partial charge in [0.15, 0.2) is 5.78 Å². The summed E-state index contributed by atoms with van der Waals surface area (Å²) in [6.45, 7) is 2.91. The van der Waals surface area contributed by atoms with Gasteiger partial charge in [0.1, 0.15) is 18.2 Å². The lowest BCUT2D eigenvalue weighted by Crippen LogP contribution is -2.24. The molecule has 0 aromatic carbocycles. The highest BCUT2D eigenvalue weighted by atomic mass is 19.1. The summed E-state index contributed by atoms with van der Waals surface area (Å²) in [6.07, 6.45) is 5.97. The molecule has 3 heterocycles. The minimum absolute atomic E-state index is 0.0190. The van der Waals surface area contributed by atoms with Gasteiger partial charge in [-0.25, -0.2) is 9.37 Å². The van der Waals surface area contributed by atoms with Crippen molar-refractivity contribution in [3.63, 3.8) is 0 Å². The molecular formula is C24H25FN4O3. The number of nitrogens with zero attached hydrogens (tertiary/aromatic N) is 3. The van der Waals surface area contributed by atoms with Crippen LogP contribution in [0.15, 0.2) is 35.4 Å².